The lowest BCUT2D eigenvalue weighted by molar-refractivity contribution is 0.0913. The van der Waals surface area contributed by atoms with Crippen molar-refractivity contribution in [1.29, 1.82) is 0 Å². The van der Waals surface area contributed by atoms with E-state index in [1.165, 1.54) is 24.4 Å². The average molecular weight is 482 g/mol. The number of halogens is 3. The smallest absolute Gasteiger partial charge is 0.253 e. The van der Waals surface area contributed by atoms with E-state index in [0.717, 1.165) is 0 Å². The van der Waals surface area contributed by atoms with Crippen LogP contribution in [0.2, 0.25) is 15.2 Å². The van der Waals surface area contributed by atoms with Crippen LogP contribution in [-0.4, -0.2) is 17.1 Å². The topological polar surface area (TPSA) is 100 Å². The van der Waals surface area contributed by atoms with Crippen LogP contribution >= 0.6 is 34.8 Å². The highest BCUT2D eigenvalue weighted by atomic mass is 35.5. The summed E-state index contributed by atoms with van der Waals surface area (Å²) in [5.41, 5.74) is -1.17. The SMILES string of the molecule is CC(C)(C)[C@@H](NC(=O)c1cc(Cl)cc(Cl)c1)Nc1c(Nc2cccnc2Cl)c(=O)c1=O. The number of nitrogens with one attached hydrogen (secondary N) is 3. The highest BCUT2D eigenvalue weighted by Crippen LogP contribution is 2.28. The van der Waals surface area contributed by atoms with Gasteiger partial charge in [0.1, 0.15) is 17.5 Å². The summed E-state index contributed by atoms with van der Waals surface area (Å²) in [5, 5.41) is 9.44. The van der Waals surface area contributed by atoms with Crippen molar-refractivity contribution >= 4 is 57.8 Å². The molecule has 0 spiro atoms. The van der Waals surface area contributed by atoms with Crippen LogP contribution in [0.5, 0.6) is 0 Å². The third kappa shape index (κ3) is 5.18. The molecule has 0 unspecified atom stereocenters. The highest BCUT2D eigenvalue weighted by Gasteiger charge is 2.31. The minimum atomic E-state index is -0.703. The Morgan fingerprint density at radius 3 is 2.19 bits per heavy atom. The number of rotatable bonds is 6. The number of amides is 1. The van der Waals surface area contributed by atoms with Gasteiger partial charge in [0, 0.05) is 27.2 Å². The fourth-order valence-electron chi connectivity index (χ4n) is 2.78. The number of anilines is 3. The maximum absolute atomic E-state index is 12.8. The molecular weight excluding hydrogens is 463 g/mol. The van der Waals surface area contributed by atoms with Gasteiger partial charge in [-0.05, 0) is 30.3 Å². The van der Waals surface area contributed by atoms with Gasteiger partial charge < -0.3 is 16.0 Å². The van der Waals surface area contributed by atoms with Crippen molar-refractivity contribution in [3.63, 3.8) is 0 Å². The van der Waals surface area contributed by atoms with Crippen LogP contribution in [-0.2, 0) is 0 Å². The quantitative estimate of drug-likeness (QED) is 0.270. The van der Waals surface area contributed by atoms with E-state index >= 15 is 0 Å². The van der Waals surface area contributed by atoms with Crippen LogP contribution in [0.4, 0.5) is 17.1 Å². The summed E-state index contributed by atoms with van der Waals surface area (Å²) in [7, 11) is 0. The van der Waals surface area contributed by atoms with E-state index in [-0.39, 0.29) is 22.1 Å². The molecule has 1 heterocycles. The Kier molecular flexibility index (Phi) is 6.59. The van der Waals surface area contributed by atoms with Crippen molar-refractivity contribution in [2.75, 3.05) is 10.6 Å². The molecule has 162 valence electrons. The molecule has 31 heavy (non-hydrogen) atoms. The molecule has 0 aliphatic rings. The van der Waals surface area contributed by atoms with Gasteiger partial charge in [-0.25, -0.2) is 4.98 Å². The molecular formula is C21H19Cl3N4O3. The van der Waals surface area contributed by atoms with Crippen molar-refractivity contribution in [1.82, 2.24) is 10.3 Å². The van der Waals surface area contributed by atoms with Crippen LogP contribution in [0, 0.1) is 5.41 Å². The first-order valence-corrected chi connectivity index (χ1v) is 10.3. The summed E-state index contributed by atoms with van der Waals surface area (Å²) < 4.78 is 0. The van der Waals surface area contributed by atoms with Crippen molar-refractivity contribution in [2.45, 2.75) is 26.9 Å². The van der Waals surface area contributed by atoms with E-state index in [1.54, 1.807) is 12.1 Å². The van der Waals surface area contributed by atoms with Gasteiger partial charge in [-0.1, -0.05) is 55.6 Å². The Bertz CT molecular complexity index is 1190. The molecule has 0 aliphatic carbocycles. The van der Waals surface area contributed by atoms with E-state index in [0.29, 0.717) is 15.7 Å². The minimum absolute atomic E-state index is 0.0502. The summed E-state index contributed by atoms with van der Waals surface area (Å²) in [6, 6.07) is 7.75. The molecule has 0 fully saturated rings. The lowest BCUT2D eigenvalue weighted by atomic mass is 9.91. The second-order valence-corrected chi connectivity index (χ2v) is 9.18. The summed E-state index contributed by atoms with van der Waals surface area (Å²) in [5.74, 6) is -0.444. The molecule has 10 heteroatoms. The molecule has 7 nitrogen and oxygen atoms in total. The van der Waals surface area contributed by atoms with Crippen molar-refractivity contribution in [3.8, 4) is 0 Å². The first kappa shape index (κ1) is 23.1. The van der Waals surface area contributed by atoms with Gasteiger partial charge in [0.05, 0.1) is 5.69 Å². The minimum Gasteiger partial charge on any atom is -0.360 e. The predicted octanol–water partition coefficient (Wildman–Crippen LogP) is 4.60. The normalized spacial score (nSPS) is 12.5. The Morgan fingerprint density at radius 1 is 1.00 bits per heavy atom. The molecule has 3 N–H and O–H groups in total. The number of hydrogen-bond donors (Lipinski definition) is 3. The number of hydrogen-bond acceptors (Lipinski definition) is 6. The van der Waals surface area contributed by atoms with E-state index in [1.807, 2.05) is 20.8 Å². The van der Waals surface area contributed by atoms with Gasteiger partial charge in [0.15, 0.2) is 5.15 Å². The van der Waals surface area contributed by atoms with Crippen LogP contribution < -0.4 is 26.8 Å². The van der Waals surface area contributed by atoms with E-state index in [9.17, 15) is 14.4 Å². The summed E-state index contributed by atoms with van der Waals surface area (Å²) >= 11 is 18.0. The maximum Gasteiger partial charge on any atom is 0.253 e. The van der Waals surface area contributed by atoms with E-state index in [4.69, 9.17) is 34.8 Å². The molecule has 3 rings (SSSR count). The summed E-state index contributed by atoms with van der Waals surface area (Å²) in [6.45, 7) is 5.60. The van der Waals surface area contributed by atoms with Gasteiger partial charge in [-0.3, -0.25) is 14.4 Å². The average Bonchev–Trinajstić information content (AvgIpc) is 2.68. The van der Waals surface area contributed by atoms with Crippen molar-refractivity contribution in [2.24, 2.45) is 5.41 Å². The molecule has 1 amide bonds. The number of benzene rings is 1. The standard InChI is InChI=1S/C21H19Cl3N4O3/c1-21(2,3)20(28-19(31)10-7-11(22)9-12(23)8-10)27-15-14(16(29)17(15)30)26-13-5-4-6-25-18(13)24/h4-9,20,26-27H,1-3H3,(H,28,31)/t20-/m1/s1. The van der Waals surface area contributed by atoms with Gasteiger partial charge in [0.2, 0.25) is 0 Å². The lowest BCUT2D eigenvalue weighted by Crippen LogP contribution is -2.51. The van der Waals surface area contributed by atoms with Crippen molar-refractivity contribution < 1.29 is 4.79 Å². The Labute approximate surface area is 193 Å². The summed E-state index contributed by atoms with van der Waals surface area (Å²) in [4.78, 5) is 41.1. The fraction of sp³-hybridized carbons (Fsp3) is 0.238. The number of carbonyl (C=O) groups is 1. The second kappa shape index (κ2) is 8.86. The van der Waals surface area contributed by atoms with Gasteiger partial charge >= 0.3 is 0 Å². The first-order chi connectivity index (χ1) is 14.5. The Hall–Kier alpha value is -2.61. The molecule has 0 radical (unpaired) electrons. The fourth-order valence-corrected chi connectivity index (χ4v) is 3.47. The molecule has 0 saturated carbocycles. The van der Waals surface area contributed by atoms with Crippen LogP contribution in [0.25, 0.3) is 0 Å². The molecule has 0 saturated heterocycles. The zero-order valence-corrected chi connectivity index (χ0v) is 19.1. The van der Waals surface area contributed by atoms with Gasteiger partial charge in [-0.2, -0.15) is 0 Å². The van der Waals surface area contributed by atoms with Crippen LogP contribution in [0.3, 0.4) is 0 Å². The molecule has 0 aliphatic heterocycles. The predicted molar refractivity (Wildman–Crippen MR) is 125 cm³/mol. The van der Waals surface area contributed by atoms with E-state index < -0.39 is 28.3 Å². The molecule has 1 aromatic heterocycles. The third-order valence-corrected chi connectivity index (χ3v) is 5.22. The first-order valence-electron chi connectivity index (χ1n) is 9.21. The maximum atomic E-state index is 12.8. The molecule has 1 atom stereocenters. The molecule has 0 bridgehead atoms. The lowest BCUT2D eigenvalue weighted by Gasteiger charge is -2.33. The Morgan fingerprint density at radius 2 is 1.61 bits per heavy atom. The zero-order chi connectivity index (χ0) is 22.9. The largest absolute Gasteiger partial charge is 0.360 e. The Balaban J connectivity index is 1.87. The number of nitrogens with zero attached hydrogens (tertiary/aromatic N) is 1. The van der Waals surface area contributed by atoms with Gasteiger partial charge in [-0.15, -0.1) is 0 Å². The number of aromatic nitrogens is 1. The summed E-state index contributed by atoms with van der Waals surface area (Å²) in [6.07, 6.45) is 0.799. The van der Waals surface area contributed by atoms with Crippen LogP contribution in [0.1, 0.15) is 31.1 Å². The zero-order valence-electron chi connectivity index (χ0n) is 16.8. The highest BCUT2D eigenvalue weighted by molar-refractivity contribution is 6.35. The van der Waals surface area contributed by atoms with Crippen molar-refractivity contribution in [3.05, 3.63) is 77.7 Å². The van der Waals surface area contributed by atoms with Crippen LogP contribution in [0.15, 0.2) is 46.1 Å². The van der Waals surface area contributed by atoms with E-state index in [2.05, 4.69) is 20.9 Å². The third-order valence-electron chi connectivity index (χ3n) is 4.48. The molecule has 2 aromatic carbocycles. The second-order valence-electron chi connectivity index (χ2n) is 7.95. The molecule has 3 aromatic rings. The van der Waals surface area contributed by atoms with Gasteiger partial charge in [0.25, 0.3) is 16.8 Å². The number of pyridine rings is 1. The monoisotopic (exact) mass is 480 g/mol. The number of carbonyl (C=O) groups excluding carboxylic acids is 1.